The Balaban J connectivity index is 1.75. The van der Waals surface area contributed by atoms with Crippen molar-refractivity contribution in [3.8, 4) is 0 Å². The summed E-state index contributed by atoms with van der Waals surface area (Å²) in [5, 5.41) is 14.7. The van der Waals surface area contributed by atoms with Gasteiger partial charge in [0.25, 0.3) is 0 Å². The molecule has 1 saturated carbocycles. The Kier molecular flexibility index (Phi) is 4.49. The third-order valence-corrected chi connectivity index (χ3v) is 6.03. The third-order valence-electron chi connectivity index (χ3n) is 4.36. The first-order valence-electron chi connectivity index (χ1n) is 7.88. The molecule has 3 rings (SSSR count). The molecule has 2 N–H and O–H groups in total. The molecule has 0 radical (unpaired) electrons. The fourth-order valence-corrected chi connectivity index (χ4v) is 4.57. The molecule has 0 spiro atoms. The van der Waals surface area contributed by atoms with E-state index >= 15 is 0 Å². The van der Waals surface area contributed by atoms with Crippen molar-refractivity contribution >= 4 is 10.0 Å². The summed E-state index contributed by atoms with van der Waals surface area (Å²) in [4.78, 5) is 0.209. The highest BCUT2D eigenvalue weighted by Crippen LogP contribution is 2.28. The maximum Gasteiger partial charge on any atom is 0.244 e. The van der Waals surface area contributed by atoms with Crippen molar-refractivity contribution in [1.29, 1.82) is 0 Å². The van der Waals surface area contributed by atoms with E-state index in [1.807, 2.05) is 4.57 Å². The highest BCUT2D eigenvalue weighted by atomic mass is 32.2. The Bertz CT molecular complexity index is 754. The fourth-order valence-electron chi connectivity index (χ4n) is 3.23. The molecule has 2 aromatic rings. The lowest BCUT2D eigenvalue weighted by Gasteiger charge is -2.24. The molecular formula is C14H22N6O2S. The Labute approximate surface area is 135 Å². The molecule has 0 amide bonds. The van der Waals surface area contributed by atoms with Gasteiger partial charge in [-0.15, -0.1) is 10.2 Å². The predicted molar refractivity (Wildman–Crippen MR) is 84.2 cm³/mol. The van der Waals surface area contributed by atoms with Gasteiger partial charge in [-0.05, 0) is 26.7 Å². The molecule has 2 heterocycles. The van der Waals surface area contributed by atoms with Crippen molar-refractivity contribution < 1.29 is 8.42 Å². The van der Waals surface area contributed by atoms with Gasteiger partial charge in [0.2, 0.25) is 10.0 Å². The molecule has 1 fully saturated rings. The van der Waals surface area contributed by atoms with Crippen LogP contribution in [0, 0.1) is 13.8 Å². The van der Waals surface area contributed by atoms with E-state index in [4.69, 9.17) is 0 Å². The van der Waals surface area contributed by atoms with E-state index in [-0.39, 0.29) is 11.4 Å². The summed E-state index contributed by atoms with van der Waals surface area (Å²) >= 11 is 0. The quantitative estimate of drug-likeness (QED) is 0.861. The SMILES string of the molecule is Cc1n[nH]c(C)c1S(=O)(=O)NCc1nncn1C1CCCCC1. The van der Waals surface area contributed by atoms with Crippen LogP contribution in [0.4, 0.5) is 0 Å². The second kappa shape index (κ2) is 6.40. The lowest BCUT2D eigenvalue weighted by atomic mass is 9.95. The first-order chi connectivity index (χ1) is 11.0. The Morgan fingerprint density at radius 2 is 2.04 bits per heavy atom. The number of aromatic amines is 1. The molecule has 1 aliphatic carbocycles. The molecule has 0 aromatic carbocycles. The number of H-pyrrole nitrogens is 1. The minimum atomic E-state index is -3.63. The molecular weight excluding hydrogens is 316 g/mol. The number of nitrogens with zero attached hydrogens (tertiary/aromatic N) is 4. The van der Waals surface area contributed by atoms with E-state index in [1.54, 1.807) is 20.2 Å². The number of nitrogens with one attached hydrogen (secondary N) is 2. The number of hydrogen-bond acceptors (Lipinski definition) is 5. The number of hydrogen-bond donors (Lipinski definition) is 2. The molecule has 126 valence electrons. The minimum absolute atomic E-state index is 0.128. The van der Waals surface area contributed by atoms with Gasteiger partial charge in [-0.25, -0.2) is 13.1 Å². The van der Waals surface area contributed by atoms with E-state index in [0.717, 1.165) is 12.8 Å². The van der Waals surface area contributed by atoms with Crippen LogP contribution in [-0.2, 0) is 16.6 Å². The monoisotopic (exact) mass is 338 g/mol. The van der Waals surface area contributed by atoms with E-state index in [9.17, 15) is 8.42 Å². The largest absolute Gasteiger partial charge is 0.313 e. The molecule has 23 heavy (non-hydrogen) atoms. The van der Waals surface area contributed by atoms with Gasteiger partial charge in [-0.3, -0.25) is 5.10 Å². The summed E-state index contributed by atoms with van der Waals surface area (Å²) in [7, 11) is -3.63. The molecule has 0 atom stereocenters. The van der Waals surface area contributed by atoms with Crippen molar-refractivity contribution in [3.63, 3.8) is 0 Å². The first-order valence-corrected chi connectivity index (χ1v) is 9.37. The zero-order valence-corrected chi connectivity index (χ0v) is 14.2. The highest BCUT2D eigenvalue weighted by molar-refractivity contribution is 7.89. The lowest BCUT2D eigenvalue weighted by molar-refractivity contribution is 0.344. The number of aryl methyl sites for hydroxylation is 2. The lowest BCUT2D eigenvalue weighted by Crippen LogP contribution is -2.27. The average molecular weight is 338 g/mol. The summed E-state index contributed by atoms with van der Waals surface area (Å²) < 4.78 is 29.6. The van der Waals surface area contributed by atoms with E-state index in [1.165, 1.54) is 19.3 Å². The van der Waals surface area contributed by atoms with Crippen LogP contribution < -0.4 is 4.72 Å². The molecule has 8 nitrogen and oxygen atoms in total. The summed E-state index contributed by atoms with van der Waals surface area (Å²) in [5.74, 6) is 0.652. The smallest absolute Gasteiger partial charge is 0.244 e. The zero-order valence-electron chi connectivity index (χ0n) is 13.4. The summed E-state index contributed by atoms with van der Waals surface area (Å²) in [6, 6.07) is 0.371. The zero-order chi connectivity index (χ0) is 16.4. The van der Waals surface area contributed by atoms with Gasteiger partial charge >= 0.3 is 0 Å². The Morgan fingerprint density at radius 1 is 1.30 bits per heavy atom. The number of rotatable bonds is 5. The molecule has 0 saturated heterocycles. The second-order valence-electron chi connectivity index (χ2n) is 6.03. The summed E-state index contributed by atoms with van der Waals surface area (Å²) in [5.41, 5.74) is 0.993. The molecule has 1 aliphatic rings. The van der Waals surface area contributed by atoms with E-state index < -0.39 is 10.0 Å². The topological polar surface area (TPSA) is 106 Å². The second-order valence-corrected chi connectivity index (χ2v) is 7.74. The van der Waals surface area contributed by atoms with Crippen molar-refractivity contribution in [2.24, 2.45) is 0 Å². The van der Waals surface area contributed by atoms with Crippen molar-refractivity contribution in [2.45, 2.75) is 63.4 Å². The molecule has 0 bridgehead atoms. The Hall–Kier alpha value is -1.74. The van der Waals surface area contributed by atoms with Crippen molar-refractivity contribution in [2.75, 3.05) is 0 Å². The van der Waals surface area contributed by atoms with E-state index in [0.29, 0.717) is 23.3 Å². The average Bonchev–Trinajstić information content (AvgIpc) is 3.13. The Morgan fingerprint density at radius 3 is 2.70 bits per heavy atom. The van der Waals surface area contributed by atoms with Gasteiger partial charge in [-0.2, -0.15) is 5.10 Å². The van der Waals surface area contributed by atoms with Crippen LogP contribution in [0.2, 0.25) is 0 Å². The molecule has 9 heteroatoms. The van der Waals surface area contributed by atoms with Crippen LogP contribution in [0.25, 0.3) is 0 Å². The highest BCUT2D eigenvalue weighted by Gasteiger charge is 2.24. The first kappa shape index (κ1) is 16.1. The molecule has 2 aromatic heterocycles. The molecule has 0 aliphatic heterocycles. The van der Waals surface area contributed by atoms with Crippen LogP contribution in [0.15, 0.2) is 11.2 Å². The van der Waals surface area contributed by atoms with Gasteiger partial charge < -0.3 is 4.57 Å². The number of sulfonamides is 1. The van der Waals surface area contributed by atoms with Crippen molar-refractivity contribution in [1.82, 2.24) is 29.7 Å². The van der Waals surface area contributed by atoms with Crippen LogP contribution in [0.1, 0.15) is 55.4 Å². The third kappa shape index (κ3) is 3.30. The maximum atomic E-state index is 12.5. The van der Waals surface area contributed by atoms with Gasteiger partial charge in [0, 0.05) is 6.04 Å². The normalized spacial score (nSPS) is 16.8. The van der Waals surface area contributed by atoms with Gasteiger partial charge in [0.05, 0.1) is 17.9 Å². The minimum Gasteiger partial charge on any atom is -0.313 e. The maximum absolute atomic E-state index is 12.5. The van der Waals surface area contributed by atoms with Crippen LogP contribution in [-0.4, -0.2) is 33.4 Å². The van der Waals surface area contributed by atoms with Gasteiger partial charge in [0.15, 0.2) is 0 Å². The van der Waals surface area contributed by atoms with E-state index in [2.05, 4.69) is 25.1 Å². The van der Waals surface area contributed by atoms with Crippen LogP contribution in [0.5, 0.6) is 0 Å². The number of aromatic nitrogens is 5. The van der Waals surface area contributed by atoms with Crippen LogP contribution in [0.3, 0.4) is 0 Å². The van der Waals surface area contributed by atoms with Crippen LogP contribution >= 0.6 is 0 Å². The summed E-state index contributed by atoms with van der Waals surface area (Å²) in [6.07, 6.45) is 7.55. The van der Waals surface area contributed by atoms with Crippen molar-refractivity contribution in [3.05, 3.63) is 23.5 Å². The van der Waals surface area contributed by atoms with Gasteiger partial charge in [0.1, 0.15) is 17.0 Å². The molecule has 0 unspecified atom stereocenters. The standard InChI is InChI=1S/C14H22N6O2S/c1-10-14(11(2)18-17-10)23(21,22)16-8-13-19-15-9-20(13)12-6-4-3-5-7-12/h9,12,16H,3-8H2,1-2H3,(H,17,18). The van der Waals surface area contributed by atoms with Gasteiger partial charge in [-0.1, -0.05) is 19.3 Å². The fraction of sp³-hybridized carbons (Fsp3) is 0.643. The predicted octanol–water partition coefficient (Wildman–Crippen LogP) is 1.60. The summed E-state index contributed by atoms with van der Waals surface area (Å²) in [6.45, 7) is 3.49.